The number of ether oxygens (including phenoxy) is 1. The Hall–Kier alpha value is -3.13. The first-order valence-electron chi connectivity index (χ1n) is 9.68. The molecule has 0 unspecified atom stereocenters. The summed E-state index contributed by atoms with van der Waals surface area (Å²) in [5, 5.41) is 2.74. The smallest absolute Gasteiger partial charge is 0.291 e. The summed E-state index contributed by atoms with van der Waals surface area (Å²) in [6.45, 7) is 0.983. The Morgan fingerprint density at radius 3 is 2.42 bits per heavy atom. The molecule has 1 heterocycles. The highest BCUT2D eigenvalue weighted by Gasteiger charge is 2.12. The van der Waals surface area contributed by atoms with Crippen molar-refractivity contribution in [2.45, 2.75) is 12.8 Å². The molecule has 0 atom stereocenters. The number of anilines is 1. The zero-order chi connectivity index (χ0) is 22.2. The molecule has 2 aromatic carbocycles. The highest BCUT2D eigenvalue weighted by Crippen LogP contribution is 2.17. The lowest BCUT2D eigenvalue weighted by Gasteiger charge is -2.17. The van der Waals surface area contributed by atoms with Gasteiger partial charge in [-0.1, -0.05) is 12.1 Å². The minimum absolute atomic E-state index is 0.0148. The molecule has 6 nitrogen and oxygen atoms in total. The molecule has 31 heavy (non-hydrogen) atoms. The average molecular weight is 489 g/mol. The number of halogens is 2. The number of hydrogen-bond donors (Lipinski definition) is 1. The number of nitrogens with one attached hydrogen (secondary N) is 1. The Labute approximate surface area is 188 Å². The van der Waals surface area contributed by atoms with Crippen LogP contribution in [0.1, 0.15) is 22.5 Å². The second-order valence-electron chi connectivity index (χ2n) is 6.90. The standard InChI is InChI=1S/C23H22BrFN2O4/c1-27(13-2-14-30-19-9-5-17(25)6-10-19)22(28)15-16-3-7-18(8-4-16)26-23(29)20-11-12-21(24)31-20/h3-12H,2,13-15H2,1H3,(H,26,29). The molecule has 3 aromatic rings. The maximum absolute atomic E-state index is 12.9. The fourth-order valence-corrected chi connectivity index (χ4v) is 3.10. The van der Waals surface area contributed by atoms with E-state index in [-0.39, 0.29) is 29.8 Å². The lowest BCUT2D eigenvalue weighted by molar-refractivity contribution is -0.129. The van der Waals surface area contributed by atoms with E-state index in [0.29, 0.717) is 35.7 Å². The molecule has 0 spiro atoms. The van der Waals surface area contributed by atoms with Crippen LogP contribution in [-0.2, 0) is 11.2 Å². The van der Waals surface area contributed by atoms with Crippen molar-refractivity contribution in [2.24, 2.45) is 0 Å². The Balaban J connectivity index is 1.40. The number of nitrogens with zero attached hydrogens (tertiary/aromatic N) is 1. The van der Waals surface area contributed by atoms with Gasteiger partial charge in [0.1, 0.15) is 11.6 Å². The van der Waals surface area contributed by atoms with Crippen molar-refractivity contribution in [1.82, 2.24) is 4.90 Å². The van der Waals surface area contributed by atoms with E-state index < -0.39 is 0 Å². The Kier molecular flexibility index (Phi) is 7.83. The molecule has 0 bridgehead atoms. The van der Waals surface area contributed by atoms with Gasteiger partial charge in [0, 0.05) is 19.3 Å². The summed E-state index contributed by atoms with van der Waals surface area (Å²) >= 11 is 3.16. The van der Waals surface area contributed by atoms with Crippen LogP contribution in [0.25, 0.3) is 0 Å². The van der Waals surface area contributed by atoms with Gasteiger partial charge in [0.2, 0.25) is 5.91 Å². The lowest BCUT2D eigenvalue weighted by atomic mass is 10.1. The molecule has 3 rings (SSSR count). The average Bonchev–Trinajstić information content (AvgIpc) is 3.20. The Bertz CT molecular complexity index is 1020. The number of amides is 2. The molecule has 162 valence electrons. The largest absolute Gasteiger partial charge is 0.494 e. The number of carbonyl (C=O) groups excluding carboxylic acids is 2. The van der Waals surface area contributed by atoms with Crippen LogP contribution in [-0.4, -0.2) is 36.9 Å². The summed E-state index contributed by atoms with van der Waals surface area (Å²) in [6, 6.07) is 16.2. The zero-order valence-corrected chi connectivity index (χ0v) is 18.5. The third-order valence-corrected chi connectivity index (χ3v) is 4.94. The second kappa shape index (κ2) is 10.8. The number of likely N-dealkylation sites (N-methyl/N-ethyl adjacent to an activating group) is 1. The van der Waals surface area contributed by atoms with Crippen LogP contribution < -0.4 is 10.1 Å². The monoisotopic (exact) mass is 488 g/mol. The molecule has 0 fully saturated rings. The number of furan rings is 1. The van der Waals surface area contributed by atoms with Crippen LogP contribution in [0.4, 0.5) is 10.1 Å². The molecule has 1 aromatic heterocycles. The number of rotatable bonds is 9. The molecule has 8 heteroatoms. The van der Waals surface area contributed by atoms with E-state index in [0.717, 1.165) is 5.56 Å². The topological polar surface area (TPSA) is 71.8 Å². The maximum Gasteiger partial charge on any atom is 0.291 e. The van der Waals surface area contributed by atoms with E-state index in [2.05, 4.69) is 21.2 Å². The fraction of sp³-hybridized carbons (Fsp3) is 0.217. The van der Waals surface area contributed by atoms with Crippen molar-refractivity contribution in [1.29, 1.82) is 0 Å². The molecule has 2 amide bonds. The van der Waals surface area contributed by atoms with Crippen molar-refractivity contribution in [3.05, 3.63) is 82.5 Å². The molecule has 0 saturated heterocycles. The predicted octanol–water partition coefficient (Wildman–Crippen LogP) is 4.90. The predicted molar refractivity (Wildman–Crippen MR) is 119 cm³/mol. The lowest BCUT2D eigenvalue weighted by Crippen LogP contribution is -2.30. The van der Waals surface area contributed by atoms with Gasteiger partial charge in [0.25, 0.3) is 5.91 Å². The van der Waals surface area contributed by atoms with Crippen molar-refractivity contribution in [3.8, 4) is 5.75 Å². The Morgan fingerprint density at radius 1 is 1.06 bits per heavy atom. The van der Waals surface area contributed by atoms with E-state index in [9.17, 15) is 14.0 Å². The van der Waals surface area contributed by atoms with Gasteiger partial charge >= 0.3 is 0 Å². The fourth-order valence-electron chi connectivity index (χ4n) is 2.79. The third kappa shape index (κ3) is 6.96. The first-order valence-corrected chi connectivity index (χ1v) is 10.5. The highest BCUT2D eigenvalue weighted by molar-refractivity contribution is 9.10. The maximum atomic E-state index is 12.9. The SMILES string of the molecule is CN(CCCOc1ccc(F)cc1)C(=O)Cc1ccc(NC(=O)c2ccc(Br)o2)cc1. The van der Waals surface area contributed by atoms with Crippen molar-refractivity contribution in [3.63, 3.8) is 0 Å². The van der Waals surface area contributed by atoms with Crippen LogP contribution >= 0.6 is 15.9 Å². The van der Waals surface area contributed by atoms with E-state index >= 15 is 0 Å². The normalized spacial score (nSPS) is 10.5. The van der Waals surface area contributed by atoms with E-state index in [1.165, 1.54) is 12.1 Å². The zero-order valence-electron chi connectivity index (χ0n) is 16.9. The van der Waals surface area contributed by atoms with Gasteiger partial charge in [-0.25, -0.2) is 4.39 Å². The number of carbonyl (C=O) groups is 2. The molecule has 1 N–H and O–H groups in total. The first-order chi connectivity index (χ1) is 14.9. The summed E-state index contributed by atoms with van der Waals surface area (Å²) in [5.74, 6) is 0.133. The van der Waals surface area contributed by atoms with Crippen molar-refractivity contribution < 1.29 is 23.1 Å². The van der Waals surface area contributed by atoms with Gasteiger partial charge < -0.3 is 19.4 Å². The van der Waals surface area contributed by atoms with E-state index in [4.69, 9.17) is 9.15 Å². The second-order valence-corrected chi connectivity index (χ2v) is 7.68. The summed E-state index contributed by atoms with van der Waals surface area (Å²) < 4.78 is 24.1. The molecule has 0 aliphatic heterocycles. The van der Waals surface area contributed by atoms with Gasteiger partial charge in [-0.3, -0.25) is 9.59 Å². The Morgan fingerprint density at radius 2 is 1.77 bits per heavy atom. The van der Waals surface area contributed by atoms with Crippen LogP contribution in [0.5, 0.6) is 5.75 Å². The quantitative estimate of drug-likeness (QED) is 0.434. The van der Waals surface area contributed by atoms with Crippen LogP contribution in [0, 0.1) is 5.82 Å². The first kappa shape index (κ1) is 22.6. The van der Waals surface area contributed by atoms with E-state index in [1.54, 1.807) is 60.5 Å². The summed E-state index contributed by atoms with van der Waals surface area (Å²) in [5.41, 5.74) is 1.46. The molecular formula is C23H22BrFN2O4. The summed E-state index contributed by atoms with van der Waals surface area (Å²) in [7, 11) is 1.75. The molecule has 0 saturated carbocycles. The van der Waals surface area contributed by atoms with Crippen molar-refractivity contribution >= 4 is 33.4 Å². The van der Waals surface area contributed by atoms with Crippen LogP contribution in [0.3, 0.4) is 0 Å². The minimum atomic E-state index is -0.350. The van der Waals surface area contributed by atoms with Crippen LogP contribution in [0.15, 0.2) is 69.8 Å². The molecule has 0 aliphatic rings. The van der Waals surface area contributed by atoms with Gasteiger partial charge in [-0.05, 0) is 76.4 Å². The molecule has 0 radical (unpaired) electrons. The summed E-state index contributed by atoms with van der Waals surface area (Å²) in [6.07, 6.45) is 0.919. The third-order valence-electron chi connectivity index (χ3n) is 4.51. The number of hydrogen-bond acceptors (Lipinski definition) is 4. The summed E-state index contributed by atoms with van der Waals surface area (Å²) in [4.78, 5) is 26.2. The number of benzene rings is 2. The van der Waals surface area contributed by atoms with E-state index in [1.807, 2.05) is 0 Å². The van der Waals surface area contributed by atoms with Gasteiger partial charge in [-0.2, -0.15) is 0 Å². The highest BCUT2D eigenvalue weighted by atomic mass is 79.9. The van der Waals surface area contributed by atoms with Gasteiger partial charge in [0.15, 0.2) is 10.4 Å². The van der Waals surface area contributed by atoms with Gasteiger partial charge in [0.05, 0.1) is 13.0 Å². The molecular weight excluding hydrogens is 467 g/mol. The van der Waals surface area contributed by atoms with Crippen LogP contribution in [0.2, 0.25) is 0 Å². The molecule has 0 aliphatic carbocycles. The van der Waals surface area contributed by atoms with Crippen molar-refractivity contribution in [2.75, 3.05) is 25.5 Å². The minimum Gasteiger partial charge on any atom is -0.494 e. The van der Waals surface area contributed by atoms with Gasteiger partial charge in [-0.15, -0.1) is 0 Å².